The van der Waals surface area contributed by atoms with E-state index in [9.17, 15) is 14.4 Å². The fourth-order valence-corrected chi connectivity index (χ4v) is 3.76. The first-order chi connectivity index (χ1) is 14.5. The van der Waals surface area contributed by atoms with Crippen molar-refractivity contribution in [1.29, 1.82) is 0 Å². The van der Waals surface area contributed by atoms with Crippen LogP contribution >= 0.6 is 0 Å². The van der Waals surface area contributed by atoms with Gasteiger partial charge in [-0.3, -0.25) is 9.59 Å². The van der Waals surface area contributed by atoms with E-state index in [4.69, 9.17) is 9.84 Å². The van der Waals surface area contributed by atoms with Crippen LogP contribution in [-0.2, 0) is 14.3 Å². The van der Waals surface area contributed by atoms with Crippen molar-refractivity contribution in [1.82, 2.24) is 10.6 Å². The molecule has 158 valence electrons. The van der Waals surface area contributed by atoms with Crippen LogP contribution in [0.15, 0.2) is 48.5 Å². The third kappa shape index (κ3) is 4.97. The van der Waals surface area contributed by atoms with Crippen LogP contribution in [0, 0.1) is 0 Å². The minimum atomic E-state index is -0.994. The van der Waals surface area contributed by atoms with Gasteiger partial charge in [0.15, 0.2) is 0 Å². The zero-order valence-electron chi connectivity index (χ0n) is 16.9. The molecule has 0 aliphatic heterocycles. The fourth-order valence-electron chi connectivity index (χ4n) is 3.76. The third-order valence-electron chi connectivity index (χ3n) is 5.17. The van der Waals surface area contributed by atoms with Crippen LogP contribution in [0.5, 0.6) is 0 Å². The lowest BCUT2D eigenvalue weighted by Crippen LogP contribution is -2.47. The van der Waals surface area contributed by atoms with Crippen molar-refractivity contribution in [2.24, 2.45) is 0 Å². The number of carboxylic acid groups (broad SMARTS) is 1. The first-order valence-corrected chi connectivity index (χ1v) is 10.1. The average Bonchev–Trinajstić information content (AvgIpc) is 3.05. The Morgan fingerprint density at radius 1 is 1.03 bits per heavy atom. The van der Waals surface area contributed by atoms with E-state index in [1.165, 1.54) is 0 Å². The number of carbonyl (C=O) groups excluding carboxylic acids is 2. The van der Waals surface area contributed by atoms with E-state index in [1.807, 2.05) is 43.3 Å². The second-order valence-electron chi connectivity index (χ2n) is 7.25. The van der Waals surface area contributed by atoms with Crippen LogP contribution in [0.25, 0.3) is 11.1 Å². The molecule has 2 amide bonds. The molecular weight excluding hydrogens is 384 g/mol. The van der Waals surface area contributed by atoms with Gasteiger partial charge in [0.2, 0.25) is 5.91 Å². The van der Waals surface area contributed by atoms with Crippen molar-refractivity contribution in [3.63, 3.8) is 0 Å². The number of hydrogen-bond acceptors (Lipinski definition) is 4. The maximum Gasteiger partial charge on any atom is 0.407 e. The summed E-state index contributed by atoms with van der Waals surface area (Å²) in [5.41, 5.74) is 4.51. The Bertz CT molecular complexity index is 882. The molecule has 30 heavy (non-hydrogen) atoms. The van der Waals surface area contributed by atoms with Gasteiger partial charge in [0.25, 0.3) is 0 Å². The Morgan fingerprint density at radius 3 is 2.20 bits per heavy atom. The smallest absolute Gasteiger partial charge is 0.407 e. The molecule has 0 spiro atoms. The van der Waals surface area contributed by atoms with Gasteiger partial charge in [0.05, 0.1) is 6.42 Å². The molecule has 1 atom stereocenters. The summed E-state index contributed by atoms with van der Waals surface area (Å²) in [6, 6.07) is 15.4. The minimum absolute atomic E-state index is 0.0146. The number of alkyl carbamates (subject to hydrolysis) is 1. The van der Waals surface area contributed by atoms with Gasteiger partial charge in [0.1, 0.15) is 12.6 Å². The second kappa shape index (κ2) is 9.91. The molecule has 0 radical (unpaired) electrons. The fraction of sp³-hybridized carbons (Fsp3) is 0.348. The van der Waals surface area contributed by atoms with Gasteiger partial charge in [-0.05, 0) is 28.7 Å². The van der Waals surface area contributed by atoms with Gasteiger partial charge < -0.3 is 20.5 Å². The molecule has 0 heterocycles. The van der Waals surface area contributed by atoms with Crippen molar-refractivity contribution in [2.75, 3.05) is 13.2 Å². The highest BCUT2D eigenvalue weighted by Gasteiger charge is 2.29. The van der Waals surface area contributed by atoms with Crippen LogP contribution in [0.2, 0.25) is 0 Å². The molecular formula is C23H26N2O5. The first kappa shape index (κ1) is 21.4. The zero-order valence-corrected chi connectivity index (χ0v) is 16.9. The van der Waals surface area contributed by atoms with E-state index < -0.39 is 24.0 Å². The van der Waals surface area contributed by atoms with Crippen LogP contribution in [-0.4, -0.2) is 42.3 Å². The van der Waals surface area contributed by atoms with E-state index in [-0.39, 0.29) is 25.5 Å². The van der Waals surface area contributed by atoms with Crippen molar-refractivity contribution < 1.29 is 24.2 Å². The number of carbonyl (C=O) groups is 3. The van der Waals surface area contributed by atoms with Crippen LogP contribution < -0.4 is 10.6 Å². The molecule has 3 rings (SSSR count). The predicted octanol–water partition coefficient (Wildman–Crippen LogP) is 3.28. The van der Waals surface area contributed by atoms with E-state index in [2.05, 4.69) is 22.8 Å². The van der Waals surface area contributed by atoms with Crippen molar-refractivity contribution in [3.05, 3.63) is 59.7 Å². The summed E-state index contributed by atoms with van der Waals surface area (Å²) in [7, 11) is 0. The van der Waals surface area contributed by atoms with Crippen LogP contribution in [0.1, 0.15) is 43.2 Å². The average molecular weight is 410 g/mol. The van der Waals surface area contributed by atoms with Crippen LogP contribution in [0.3, 0.4) is 0 Å². The highest BCUT2D eigenvalue weighted by Crippen LogP contribution is 2.44. The Balaban J connectivity index is 1.60. The lowest BCUT2D eigenvalue weighted by atomic mass is 9.98. The van der Waals surface area contributed by atoms with Crippen molar-refractivity contribution in [3.8, 4) is 11.1 Å². The van der Waals surface area contributed by atoms with Gasteiger partial charge in [-0.15, -0.1) is 0 Å². The lowest BCUT2D eigenvalue weighted by molar-refractivity contribution is -0.137. The monoisotopic (exact) mass is 410 g/mol. The number of amides is 2. The number of rotatable bonds is 9. The van der Waals surface area contributed by atoms with E-state index in [0.29, 0.717) is 12.8 Å². The first-order valence-electron chi connectivity index (χ1n) is 10.1. The summed E-state index contributed by atoms with van der Waals surface area (Å²) >= 11 is 0. The maximum atomic E-state index is 12.4. The molecule has 0 fully saturated rings. The maximum absolute atomic E-state index is 12.4. The normalized spacial score (nSPS) is 13.1. The topological polar surface area (TPSA) is 105 Å². The molecule has 0 saturated heterocycles. The molecule has 1 aliphatic rings. The van der Waals surface area contributed by atoms with E-state index in [0.717, 1.165) is 22.3 Å². The number of ether oxygens (including phenoxy) is 1. The Hall–Kier alpha value is -3.35. The van der Waals surface area contributed by atoms with Gasteiger partial charge in [0, 0.05) is 12.5 Å². The van der Waals surface area contributed by atoms with Crippen LogP contribution in [0.4, 0.5) is 4.79 Å². The molecule has 0 aromatic heterocycles. The number of hydrogen-bond donors (Lipinski definition) is 3. The summed E-state index contributed by atoms with van der Waals surface area (Å²) < 4.78 is 5.49. The summed E-state index contributed by atoms with van der Waals surface area (Å²) in [4.78, 5) is 35.3. The molecule has 2 aromatic rings. The summed E-state index contributed by atoms with van der Waals surface area (Å²) in [6.45, 7) is 2.08. The Kier molecular flexibility index (Phi) is 7.06. The Labute approximate surface area is 175 Å². The number of nitrogens with one attached hydrogen (secondary N) is 2. The molecule has 2 aromatic carbocycles. The van der Waals surface area contributed by atoms with Gasteiger partial charge in [-0.25, -0.2) is 4.79 Å². The molecule has 1 unspecified atom stereocenters. The number of benzene rings is 2. The highest BCUT2D eigenvalue weighted by atomic mass is 16.5. The molecule has 7 nitrogen and oxygen atoms in total. The second-order valence-corrected chi connectivity index (χ2v) is 7.25. The van der Waals surface area contributed by atoms with E-state index in [1.54, 1.807) is 0 Å². The Morgan fingerprint density at radius 2 is 1.63 bits per heavy atom. The number of aliphatic carboxylic acids is 1. The van der Waals surface area contributed by atoms with Gasteiger partial charge in [-0.1, -0.05) is 61.9 Å². The van der Waals surface area contributed by atoms with Crippen molar-refractivity contribution in [2.45, 2.75) is 38.1 Å². The van der Waals surface area contributed by atoms with Gasteiger partial charge >= 0.3 is 12.1 Å². The largest absolute Gasteiger partial charge is 0.481 e. The minimum Gasteiger partial charge on any atom is -0.481 e. The molecule has 3 N–H and O–H groups in total. The van der Waals surface area contributed by atoms with Crippen molar-refractivity contribution >= 4 is 18.0 Å². The number of fused-ring (bicyclic) bond motifs is 3. The lowest BCUT2D eigenvalue weighted by Gasteiger charge is -2.19. The summed E-state index contributed by atoms with van der Waals surface area (Å²) in [5.74, 6) is -1.46. The molecule has 1 aliphatic carbocycles. The van der Waals surface area contributed by atoms with E-state index >= 15 is 0 Å². The molecule has 7 heteroatoms. The standard InChI is InChI=1S/C23H26N2O5/c1-2-7-20(22(28)24-13-12-21(26)27)25-23(29)30-14-19-17-10-5-3-8-15(17)16-9-4-6-11-18(16)19/h3-6,8-11,19-20H,2,7,12-14H2,1H3,(H,24,28)(H,25,29)(H,26,27). The predicted molar refractivity (Wildman–Crippen MR) is 112 cm³/mol. The quantitative estimate of drug-likeness (QED) is 0.588. The summed E-state index contributed by atoms with van der Waals surface area (Å²) in [6.07, 6.45) is 0.281. The highest BCUT2D eigenvalue weighted by molar-refractivity contribution is 5.86. The molecule has 0 saturated carbocycles. The molecule has 0 bridgehead atoms. The SMILES string of the molecule is CCCC(NC(=O)OCC1c2ccccc2-c2ccccc21)C(=O)NCCC(=O)O. The number of carboxylic acids is 1. The van der Waals surface area contributed by atoms with Gasteiger partial charge in [-0.2, -0.15) is 0 Å². The summed E-state index contributed by atoms with van der Waals surface area (Å²) in [5, 5.41) is 13.8. The third-order valence-corrected chi connectivity index (χ3v) is 5.17. The zero-order chi connectivity index (χ0) is 21.5.